The Balaban J connectivity index is 1.58. The number of fused-ring (bicyclic) bond motifs is 5. The number of rotatable bonds is 3. The van der Waals surface area contributed by atoms with Gasteiger partial charge >= 0.3 is 0 Å². The number of aromatic nitrogens is 3. The SMILES string of the molecule is [C-]#[N+]c1ccc(-c2nc3ccc4c(-c5ccc([N+]#[C-])cc5)nc5ccccc5c4c3nc2-c2ccc(C#N)cc2)cc1. The Morgan fingerprint density at radius 1 is 0.524 bits per heavy atom. The van der Waals surface area contributed by atoms with Crippen molar-refractivity contribution in [1.29, 1.82) is 5.26 Å². The van der Waals surface area contributed by atoms with Crippen molar-refractivity contribution in [1.82, 2.24) is 15.0 Å². The summed E-state index contributed by atoms with van der Waals surface area (Å²) >= 11 is 0. The molecule has 0 bridgehead atoms. The Morgan fingerprint density at radius 3 is 1.69 bits per heavy atom. The van der Waals surface area contributed by atoms with E-state index in [1.54, 1.807) is 36.4 Å². The van der Waals surface area contributed by atoms with E-state index >= 15 is 0 Å². The maximum atomic E-state index is 9.37. The minimum atomic E-state index is 0.550. The second-order valence-corrected chi connectivity index (χ2v) is 9.76. The molecule has 5 aromatic carbocycles. The molecule has 2 heterocycles. The summed E-state index contributed by atoms with van der Waals surface area (Å²) in [6.45, 7) is 14.7. The van der Waals surface area contributed by atoms with E-state index in [1.165, 1.54) is 0 Å². The summed E-state index contributed by atoms with van der Waals surface area (Å²) in [5, 5.41) is 12.2. The Labute approximate surface area is 241 Å². The third kappa shape index (κ3) is 4.07. The summed E-state index contributed by atoms with van der Waals surface area (Å²) in [5.74, 6) is 0. The first-order chi connectivity index (χ1) is 20.7. The first-order valence-electron chi connectivity index (χ1n) is 13.2. The lowest BCUT2D eigenvalue weighted by molar-refractivity contribution is 1.30. The van der Waals surface area contributed by atoms with E-state index in [0.29, 0.717) is 28.3 Å². The Kier molecular flexibility index (Phi) is 5.83. The lowest BCUT2D eigenvalue weighted by atomic mass is 9.97. The van der Waals surface area contributed by atoms with Crippen LogP contribution in [0, 0.1) is 24.5 Å². The highest BCUT2D eigenvalue weighted by atomic mass is 14.8. The summed E-state index contributed by atoms with van der Waals surface area (Å²) < 4.78 is 0. The van der Waals surface area contributed by atoms with E-state index in [4.69, 9.17) is 28.1 Å². The standard InChI is InChI=1S/C36H18N6/c1-38-26-15-11-23(12-16-26)33-29-19-20-31-36(32(29)28-5-3-4-6-30(28)40-33)42-35(24-9-7-22(21-37)8-10-24)34(41-31)25-13-17-27(39-2)18-14-25/h3-20H. The monoisotopic (exact) mass is 534 g/mol. The van der Waals surface area contributed by atoms with Gasteiger partial charge in [-0.05, 0) is 41.5 Å². The van der Waals surface area contributed by atoms with Crippen LogP contribution in [0.4, 0.5) is 11.4 Å². The normalized spacial score (nSPS) is 10.8. The first-order valence-corrected chi connectivity index (χ1v) is 13.2. The summed E-state index contributed by atoms with van der Waals surface area (Å²) in [6, 6.07) is 36.3. The summed E-state index contributed by atoms with van der Waals surface area (Å²) in [7, 11) is 0. The molecule has 42 heavy (non-hydrogen) atoms. The molecule has 7 aromatic rings. The van der Waals surface area contributed by atoms with Gasteiger partial charge in [-0.25, -0.2) is 24.6 Å². The zero-order chi connectivity index (χ0) is 28.6. The maximum Gasteiger partial charge on any atom is 0.187 e. The van der Waals surface area contributed by atoms with E-state index in [2.05, 4.69) is 21.8 Å². The van der Waals surface area contributed by atoms with Crippen molar-refractivity contribution in [2.24, 2.45) is 0 Å². The molecular weight excluding hydrogens is 516 g/mol. The average Bonchev–Trinajstić information content (AvgIpc) is 3.07. The molecule has 192 valence electrons. The second-order valence-electron chi connectivity index (χ2n) is 9.76. The van der Waals surface area contributed by atoms with Crippen LogP contribution in [-0.4, -0.2) is 15.0 Å². The molecule has 0 amide bonds. The van der Waals surface area contributed by atoms with Crippen LogP contribution < -0.4 is 0 Å². The van der Waals surface area contributed by atoms with Gasteiger partial charge in [0, 0.05) is 21.7 Å². The van der Waals surface area contributed by atoms with Gasteiger partial charge in [0.15, 0.2) is 11.4 Å². The van der Waals surface area contributed by atoms with Gasteiger partial charge < -0.3 is 0 Å². The zero-order valence-electron chi connectivity index (χ0n) is 22.1. The van der Waals surface area contributed by atoms with Gasteiger partial charge in [0.2, 0.25) is 0 Å². The molecule has 0 spiro atoms. The minimum Gasteiger partial charge on any atom is -0.247 e. The van der Waals surface area contributed by atoms with E-state index < -0.39 is 0 Å². The van der Waals surface area contributed by atoms with Crippen LogP contribution in [0.5, 0.6) is 0 Å². The lowest BCUT2D eigenvalue weighted by Gasteiger charge is -2.15. The molecule has 7 rings (SSSR count). The highest BCUT2D eigenvalue weighted by molar-refractivity contribution is 6.21. The van der Waals surface area contributed by atoms with Gasteiger partial charge in [-0.1, -0.05) is 78.9 Å². The quantitative estimate of drug-likeness (QED) is 0.167. The van der Waals surface area contributed by atoms with Gasteiger partial charge in [-0.15, -0.1) is 0 Å². The van der Waals surface area contributed by atoms with Crippen LogP contribution in [0.25, 0.3) is 76.2 Å². The smallest absolute Gasteiger partial charge is 0.187 e. The Bertz CT molecular complexity index is 2300. The molecule has 0 saturated carbocycles. The number of para-hydroxylation sites is 1. The van der Waals surface area contributed by atoms with E-state index in [0.717, 1.165) is 55.1 Å². The van der Waals surface area contributed by atoms with Gasteiger partial charge in [0.25, 0.3) is 0 Å². The molecule has 0 atom stereocenters. The lowest BCUT2D eigenvalue weighted by Crippen LogP contribution is -1.98. The molecule has 6 nitrogen and oxygen atoms in total. The topological polar surface area (TPSA) is 71.2 Å². The molecular formula is C36H18N6. The van der Waals surface area contributed by atoms with Crippen molar-refractivity contribution in [3.05, 3.63) is 138 Å². The molecule has 0 aliphatic heterocycles. The van der Waals surface area contributed by atoms with Crippen LogP contribution in [-0.2, 0) is 0 Å². The molecule has 2 aromatic heterocycles. The largest absolute Gasteiger partial charge is 0.247 e. The van der Waals surface area contributed by atoms with Crippen LogP contribution in [0.2, 0.25) is 0 Å². The average molecular weight is 535 g/mol. The van der Waals surface area contributed by atoms with E-state index in [-0.39, 0.29) is 0 Å². The molecule has 0 unspecified atom stereocenters. The summed E-state index contributed by atoms with van der Waals surface area (Å²) in [5.41, 5.74) is 8.76. The number of benzene rings is 5. The van der Waals surface area contributed by atoms with Gasteiger partial charge in [-0.2, -0.15) is 5.26 Å². The molecule has 6 heteroatoms. The van der Waals surface area contributed by atoms with Crippen molar-refractivity contribution in [2.75, 3.05) is 0 Å². The molecule has 0 saturated heterocycles. The van der Waals surface area contributed by atoms with E-state index in [9.17, 15) is 5.26 Å². The fourth-order valence-electron chi connectivity index (χ4n) is 5.27. The highest BCUT2D eigenvalue weighted by Gasteiger charge is 2.19. The van der Waals surface area contributed by atoms with Crippen LogP contribution in [0.1, 0.15) is 5.56 Å². The van der Waals surface area contributed by atoms with Gasteiger partial charge in [-0.3, -0.25) is 0 Å². The highest BCUT2D eigenvalue weighted by Crippen LogP contribution is 2.39. The third-order valence-electron chi connectivity index (χ3n) is 7.32. The Hall–Kier alpha value is -6.42. The summed E-state index contributed by atoms with van der Waals surface area (Å²) in [4.78, 5) is 22.5. The molecule has 0 fully saturated rings. The summed E-state index contributed by atoms with van der Waals surface area (Å²) in [6.07, 6.45) is 0. The van der Waals surface area contributed by atoms with E-state index in [1.807, 2.05) is 66.7 Å². The zero-order valence-corrected chi connectivity index (χ0v) is 22.1. The number of pyridine rings is 1. The van der Waals surface area contributed by atoms with Gasteiger partial charge in [0.1, 0.15) is 0 Å². The van der Waals surface area contributed by atoms with Crippen molar-refractivity contribution in [3.63, 3.8) is 0 Å². The molecule has 0 N–H and O–H groups in total. The minimum absolute atomic E-state index is 0.550. The second kappa shape index (κ2) is 9.96. The molecule has 0 aliphatic carbocycles. The van der Waals surface area contributed by atoms with Crippen LogP contribution in [0.3, 0.4) is 0 Å². The van der Waals surface area contributed by atoms with Crippen LogP contribution >= 0.6 is 0 Å². The molecule has 0 radical (unpaired) electrons. The number of hydrogen-bond acceptors (Lipinski definition) is 4. The van der Waals surface area contributed by atoms with Crippen molar-refractivity contribution in [2.45, 2.75) is 0 Å². The number of nitrogens with zero attached hydrogens (tertiary/aromatic N) is 6. The number of hydrogen-bond donors (Lipinski definition) is 0. The fraction of sp³-hybridized carbons (Fsp3) is 0. The predicted octanol–water partition coefficient (Wildman–Crippen LogP) is 9.31. The fourth-order valence-corrected chi connectivity index (χ4v) is 5.27. The first kappa shape index (κ1) is 24.6. The number of nitriles is 1. The predicted molar refractivity (Wildman–Crippen MR) is 166 cm³/mol. The molecule has 0 aliphatic rings. The Morgan fingerprint density at radius 2 is 1.07 bits per heavy atom. The van der Waals surface area contributed by atoms with Crippen molar-refractivity contribution in [3.8, 4) is 39.8 Å². The third-order valence-corrected chi connectivity index (χ3v) is 7.32. The van der Waals surface area contributed by atoms with Crippen molar-refractivity contribution >= 4 is 44.1 Å². The van der Waals surface area contributed by atoms with Crippen LogP contribution in [0.15, 0.2) is 109 Å². The van der Waals surface area contributed by atoms with Gasteiger partial charge in [0.05, 0.1) is 58.4 Å². The van der Waals surface area contributed by atoms with Crippen molar-refractivity contribution < 1.29 is 0 Å². The maximum absolute atomic E-state index is 9.37.